The number of β-amino-alcohol motifs (C(OH)–C–C–N with tert-alkyl or cyclic N) is 1. The first kappa shape index (κ1) is 29.8. The lowest BCUT2D eigenvalue weighted by Gasteiger charge is -2.30. The van der Waals surface area contributed by atoms with Crippen LogP contribution in [0.2, 0.25) is 0 Å². The molecule has 1 heterocycles. The van der Waals surface area contributed by atoms with Crippen molar-refractivity contribution in [1.29, 1.82) is 0 Å². The van der Waals surface area contributed by atoms with Crippen molar-refractivity contribution in [1.82, 2.24) is 9.80 Å². The highest BCUT2D eigenvalue weighted by Gasteiger charge is 2.42. The summed E-state index contributed by atoms with van der Waals surface area (Å²) in [5, 5.41) is 15.6. The molecule has 0 bridgehead atoms. The average Bonchev–Trinajstić information content (AvgIpc) is 3.20. The third-order valence-electron chi connectivity index (χ3n) is 5.93. The van der Waals surface area contributed by atoms with Gasteiger partial charge in [-0.1, -0.05) is 0 Å². The molecule has 0 aromatic heterocycles. The van der Waals surface area contributed by atoms with Crippen LogP contribution in [-0.2, 0) is 26.1 Å². The predicted molar refractivity (Wildman–Crippen MR) is 145 cm³/mol. The number of likely N-dealkylation sites (N-methyl/N-ethyl adjacent to an activating group) is 1. The van der Waals surface area contributed by atoms with Crippen LogP contribution in [0.25, 0.3) is 0 Å². The van der Waals surface area contributed by atoms with Gasteiger partial charge in [0.2, 0.25) is 15.9 Å². The van der Waals surface area contributed by atoms with E-state index in [1.165, 1.54) is 35.0 Å². The van der Waals surface area contributed by atoms with E-state index in [1.807, 2.05) is 31.4 Å². The zero-order chi connectivity index (χ0) is 28.4. The normalized spacial score (nSPS) is 17.8. The van der Waals surface area contributed by atoms with Gasteiger partial charge in [-0.15, -0.1) is 11.8 Å². The van der Waals surface area contributed by atoms with Crippen molar-refractivity contribution < 1.29 is 32.6 Å². The molecule has 10 nitrogen and oxygen atoms in total. The van der Waals surface area contributed by atoms with Gasteiger partial charge in [0.25, 0.3) is 0 Å². The van der Waals surface area contributed by atoms with E-state index in [2.05, 4.69) is 0 Å². The lowest BCUT2D eigenvalue weighted by atomic mass is 10.1. The number of hydrogen-bond acceptors (Lipinski definition) is 8. The SMILES string of the molecule is CSc1ccc(Oc2ccc(S(N)(=O)=O)cc2CN(C)C(=O)C2CC(O)CN2C(=O)OC(C)(C)C)cc1C. The molecule has 1 aliphatic heterocycles. The molecular formula is C26H35N3O7S2. The molecule has 0 spiro atoms. The average molecular weight is 566 g/mol. The number of carbonyl (C=O) groups excluding carboxylic acids is 2. The van der Waals surface area contributed by atoms with Crippen LogP contribution < -0.4 is 9.88 Å². The first-order valence-electron chi connectivity index (χ1n) is 12.0. The Morgan fingerprint density at radius 3 is 2.47 bits per heavy atom. The van der Waals surface area contributed by atoms with E-state index < -0.39 is 39.8 Å². The molecule has 1 fully saturated rings. The molecule has 2 unspecified atom stereocenters. The van der Waals surface area contributed by atoms with Gasteiger partial charge in [-0.2, -0.15) is 0 Å². The molecule has 0 saturated carbocycles. The number of carbonyl (C=O) groups is 2. The third-order valence-corrected chi connectivity index (χ3v) is 7.74. The molecule has 2 aromatic rings. The second-order valence-corrected chi connectivity index (χ2v) is 12.7. The van der Waals surface area contributed by atoms with Gasteiger partial charge in [-0.25, -0.2) is 18.4 Å². The van der Waals surface area contributed by atoms with Crippen molar-refractivity contribution in [3.05, 3.63) is 47.5 Å². The summed E-state index contributed by atoms with van der Waals surface area (Å²) in [4.78, 5) is 29.7. The molecule has 2 aromatic carbocycles. The molecular weight excluding hydrogens is 530 g/mol. The lowest BCUT2D eigenvalue weighted by molar-refractivity contribution is -0.135. The number of aliphatic hydroxyl groups excluding tert-OH is 1. The summed E-state index contributed by atoms with van der Waals surface area (Å²) in [7, 11) is -2.48. The molecule has 1 saturated heterocycles. The number of aliphatic hydroxyl groups is 1. The minimum atomic E-state index is -4.01. The second kappa shape index (κ2) is 11.5. The van der Waals surface area contributed by atoms with E-state index in [1.54, 1.807) is 32.5 Å². The number of primary sulfonamides is 1. The van der Waals surface area contributed by atoms with Gasteiger partial charge in [0.05, 0.1) is 17.5 Å². The molecule has 1 aliphatic rings. The zero-order valence-electron chi connectivity index (χ0n) is 22.4. The number of amides is 2. The summed E-state index contributed by atoms with van der Waals surface area (Å²) >= 11 is 1.61. The van der Waals surface area contributed by atoms with Crippen LogP contribution >= 0.6 is 11.8 Å². The zero-order valence-corrected chi connectivity index (χ0v) is 24.1. The van der Waals surface area contributed by atoms with E-state index >= 15 is 0 Å². The Morgan fingerprint density at radius 2 is 1.89 bits per heavy atom. The molecule has 208 valence electrons. The minimum absolute atomic E-state index is 0.0280. The van der Waals surface area contributed by atoms with Crippen LogP contribution in [0.15, 0.2) is 46.2 Å². The molecule has 3 rings (SSSR count). The first-order valence-corrected chi connectivity index (χ1v) is 14.8. The topological polar surface area (TPSA) is 139 Å². The molecule has 2 amide bonds. The maximum absolute atomic E-state index is 13.4. The Labute approximate surface area is 228 Å². The van der Waals surface area contributed by atoms with Crippen molar-refractivity contribution in [2.75, 3.05) is 19.8 Å². The molecule has 3 N–H and O–H groups in total. The first-order chi connectivity index (χ1) is 17.6. The van der Waals surface area contributed by atoms with E-state index in [0.717, 1.165) is 10.5 Å². The fourth-order valence-corrected chi connectivity index (χ4v) is 5.30. The van der Waals surface area contributed by atoms with E-state index in [-0.39, 0.29) is 24.4 Å². The van der Waals surface area contributed by atoms with Gasteiger partial charge < -0.3 is 19.5 Å². The smallest absolute Gasteiger partial charge is 0.411 e. The summed E-state index contributed by atoms with van der Waals surface area (Å²) in [5.74, 6) is 0.470. The van der Waals surface area contributed by atoms with Crippen LogP contribution in [0.1, 0.15) is 38.3 Å². The van der Waals surface area contributed by atoms with Crippen molar-refractivity contribution in [3.8, 4) is 11.5 Å². The lowest BCUT2D eigenvalue weighted by Crippen LogP contribution is -2.47. The van der Waals surface area contributed by atoms with Crippen LogP contribution in [-0.4, -0.2) is 72.9 Å². The number of aryl methyl sites for hydroxylation is 1. The number of benzene rings is 2. The van der Waals surface area contributed by atoms with E-state index in [0.29, 0.717) is 17.1 Å². The van der Waals surface area contributed by atoms with Crippen molar-refractivity contribution >= 4 is 33.8 Å². The van der Waals surface area contributed by atoms with Gasteiger partial charge in [0.1, 0.15) is 23.1 Å². The maximum atomic E-state index is 13.4. The van der Waals surface area contributed by atoms with Crippen LogP contribution in [0.4, 0.5) is 4.79 Å². The van der Waals surface area contributed by atoms with Crippen LogP contribution in [0.3, 0.4) is 0 Å². The Kier molecular flexibility index (Phi) is 9.02. The fraction of sp³-hybridized carbons (Fsp3) is 0.462. The minimum Gasteiger partial charge on any atom is -0.457 e. The third kappa shape index (κ3) is 7.40. The monoisotopic (exact) mass is 565 g/mol. The summed E-state index contributed by atoms with van der Waals surface area (Å²) in [6.07, 6.45) is 0.476. The Morgan fingerprint density at radius 1 is 1.21 bits per heavy atom. The molecule has 38 heavy (non-hydrogen) atoms. The number of hydrogen-bond donors (Lipinski definition) is 2. The Balaban J connectivity index is 1.88. The molecule has 0 aliphatic carbocycles. The second-order valence-electron chi connectivity index (χ2n) is 10.3. The Hall–Kier alpha value is -2.80. The van der Waals surface area contributed by atoms with Gasteiger partial charge in [0, 0.05) is 30.5 Å². The molecule has 0 radical (unpaired) electrons. The number of sulfonamides is 1. The number of nitrogens with zero attached hydrogens (tertiary/aromatic N) is 2. The number of ether oxygens (including phenoxy) is 2. The number of likely N-dealkylation sites (tertiary alicyclic amines) is 1. The van der Waals surface area contributed by atoms with Crippen molar-refractivity contribution in [2.45, 2.75) is 68.2 Å². The van der Waals surface area contributed by atoms with Gasteiger partial charge >= 0.3 is 6.09 Å². The van der Waals surface area contributed by atoms with Crippen LogP contribution in [0.5, 0.6) is 11.5 Å². The fourth-order valence-electron chi connectivity index (χ4n) is 4.16. The summed E-state index contributed by atoms with van der Waals surface area (Å²) in [5.41, 5.74) is 0.657. The maximum Gasteiger partial charge on any atom is 0.411 e. The number of thioether (sulfide) groups is 1. The number of nitrogens with two attached hydrogens (primary N) is 1. The van der Waals surface area contributed by atoms with Crippen molar-refractivity contribution in [3.63, 3.8) is 0 Å². The van der Waals surface area contributed by atoms with Gasteiger partial charge in [-0.05, 0) is 75.9 Å². The van der Waals surface area contributed by atoms with E-state index in [9.17, 15) is 23.1 Å². The van der Waals surface area contributed by atoms with Crippen LogP contribution in [0, 0.1) is 6.92 Å². The highest BCUT2D eigenvalue weighted by Crippen LogP contribution is 2.32. The highest BCUT2D eigenvalue weighted by atomic mass is 32.2. The Bertz CT molecular complexity index is 1310. The van der Waals surface area contributed by atoms with E-state index in [4.69, 9.17) is 14.6 Å². The standard InChI is InChI=1S/C26H35N3O7S2/c1-16-11-19(7-10-23(16)37-6)35-22-9-8-20(38(27,33)34)12-17(22)14-28(5)24(31)21-13-18(30)15-29(21)25(32)36-26(2,3)4/h7-12,18,21,30H,13-15H2,1-6H3,(H2,27,33,34). The summed E-state index contributed by atoms with van der Waals surface area (Å²) in [6.45, 7) is 7.06. The predicted octanol–water partition coefficient (Wildman–Crippen LogP) is 3.49. The highest BCUT2D eigenvalue weighted by molar-refractivity contribution is 7.98. The molecule has 2 atom stereocenters. The summed E-state index contributed by atoms with van der Waals surface area (Å²) < 4.78 is 35.6. The van der Waals surface area contributed by atoms with Gasteiger partial charge in [-0.3, -0.25) is 9.69 Å². The summed E-state index contributed by atoms with van der Waals surface area (Å²) in [6, 6.07) is 8.89. The largest absolute Gasteiger partial charge is 0.457 e. The number of rotatable bonds is 7. The van der Waals surface area contributed by atoms with Gasteiger partial charge in [0.15, 0.2) is 0 Å². The molecule has 12 heteroatoms. The van der Waals surface area contributed by atoms with Crippen molar-refractivity contribution in [2.24, 2.45) is 5.14 Å². The quantitative estimate of drug-likeness (QED) is 0.487.